The van der Waals surface area contributed by atoms with Gasteiger partial charge in [-0.15, -0.1) is 0 Å². The molecule has 1 aromatic carbocycles. The Kier molecular flexibility index (Phi) is 5.40. The van der Waals surface area contributed by atoms with Crippen LogP contribution in [-0.4, -0.2) is 44.1 Å². The maximum absolute atomic E-state index is 12.1. The van der Waals surface area contributed by atoms with E-state index in [0.717, 1.165) is 47.3 Å². The standard InChI is InChI=1S/C24H25N5O4S/c1-15-20-11-23(27-16-9-18(13-25-12-16)28(2)34(3,31)32)26-14-21(20)19-7-6-17(10-22(19)33-15)29-8-4-5-24(29)30/h6-7,9-15H,4-5,8H2,1-3H3,(H,26,27). The van der Waals surface area contributed by atoms with E-state index < -0.39 is 10.0 Å². The van der Waals surface area contributed by atoms with Crippen LogP contribution in [0.25, 0.3) is 11.1 Å². The topological polar surface area (TPSA) is 105 Å². The molecule has 9 nitrogen and oxygen atoms in total. The number of sulfonamides is 1. The van der Waals surface area contributed by atoms with Gasteiger partial charge in [-0.3, -0.25) is 14.1 Å². The molecule has 1 amide bonds. The number of benzene rings is 1. The van der Waals surface area contributed by atoms with Crippen molar-refractivity contribution in [3.8, 4) is 16.9 Å². The molecule has 0 radical (unpaired) electrons. The molecular weight excluding hydrogens is 454 g/mol. The number of rotatable bonds is 5. The zero-order chi connectivity index (χ0) is 24.0. The van der Waals surface area contributed by atoms with Gasteiger partial charge < -0.3 is 15.0 Å². The molecule has 1 saturated heterocycles. The van der Waals surface area contributed by atoms with Gasteiger partial charge in [-0.05, 0) is 37.6 Å². The SMILES string of the molecule is CC1Oc2cc(N3CCCC3=O)ccc2-c2cnc(Nc3cncc(N(C)S(C)(=O)=O)c3)cc21. The van der Waals surface area contributed by atoms with Crippen molar-refractivity contribution >= 4 is 38.8 Å². The Labute approximate surface area is 198 Å². The van der Waals surface area contributed by atoms with E-state index in [9.17, 15) is 13.2 Å². The van der Waals surface area contributed by atoms with Gasteiger partial charge in [0, 0.05) is 54.7 Å². The van der Waals surface area contributed by atoms with Crippen LogP contribution in [0.4, 0.5) is 22.9 Å². The van der Waals surface area contributed by atoms with Crippen LogP contribution >= 0.6 is 0 Å². The molecule has 5 rings (SSSR count). The predicted molar refractivity (Wildman–Crippen MR) is 131 cm³/mol. The molecule has 1 unspecified atom stereocenters. The third kappa shape index (κ3) is 4.05. The van der Waals surface area contributed by atoms with E-state index in [1.807, 2.05) is 31.2 Å². The summed E-state index contributed by atoms with van der Waals surface area (Å²) < 4.78 is 31.1. The summed E-state index contributed by atoms with van der Waals surface area (Å²) >= 11 is 0. The van der Waals surface area contributed by atoms with Gasteiger partial charge in [-0.25, -0.2) is 13.4 Å². The normalized spacial score (nSPS) is 17.1. The third-order valence-electron chi connectivity index (χ3n) is 6.18. The first kappa shape index (κ1) is 22.1. The molecule has 1 fully saturated rings. The Bertz CT molecular complexity index is 1390. The third-order valence-corrected chi connectivity index (χ3v) is 7.38. The number of fused-ring (bicyclic) bond motifs is 3. The molecule has 1 N–H and O–H groups in total. The van der Waals surface area contributed by atoms with E-state index in [2.05, 4.69) is 15.3 Å². The lowest BCUT2D eigenvalue weighted by molar-refractivity contribution is -0.117. The van der Waals surface area contributed by atoms with Crippen LogP contribution < -0.4 is 19.3 Å². The quantitative estimate of drug-likeness (QED) is 0.592. The largest absolute Gasteiger partial charge is 0.485 e. The van der Waals surface area contributed by atoms with Gasteiger partial charge in [0.25, 0.3) is 0 Å². The molecule has 4 heterocycles. The van der Waals surface area contributed by atoms with Crippen LogP contribution in [0.3, 0.4) is 0 Å². The number of hydrogen-bond donors (Lipinski definition) is 1. The molecule has 0 bridgehead atoms. The van der Waals surface area contributed by atoms with Gasteiger partial charge in [0.15, 0.2) is 0 Å². The van der Waals surface area contributed by atoms with Crippen LogP contribution in [-0.2, 0) is 14.8 Å². The monoisotopic (exact) mass is 479 g/mol. The van der Waals surface area contributed by atoms with Crippen molar-refractivity contribution in [3.05, 3.63) is 54.5 Å². The number of nitrogens with zero attached hydrogens (tertiary/aromatic N) is 4. The number of carbonyl (C=O) groups excluding carboxylic acids is 1. The molecule has 2 aliphatic rings. The Morgan fingerprint density at radius 1 is 1.15 bits per heavy atom. The first-order valence-electron chi connectivity index (χ1n) is 11.0. The molecule has 176 valence electrons. The minimum absolute atomic E-state index is 0.142. The summed E-state index contributed by atoms with van der Waals surface area (Å²) in [6, 6.07) is 9.48. The summed E-state index contributed by atoms with van der Waals surface area (Å²) in [5.74, 6) is 1.47. The number of pyridine rings is 2. The second kappa shape index (κ2) is 8.28. The summed E-state index contributed by atoms with van der Waals surface area (Å²) in [6.07, 6.45) is 7.29. The predicted octanol–water partition coefficient (Wildman–Crippen LogP) is 3.86. The molecule has 3 aromatic rings. The second-order valence-corrected chi connectivity index (χ2v) is 10.5. The minimum atomic E-state index is -3.39. The highest BCUT2D eigenvalue weighted by Crippen LogP contribution is 2.44. The van der Waals surface area contributed by atoms with E-state index in [0.29, 0.717) is 23.6 Å². The Morgan fingerprint density at radius 2 is 1.97 bits per heavy atom. The van der Waals surface area contributed by atoms with Crippen LogP contribution in [0.1, 0.15) is 31.4 Å². The van der Waals surface area contributed by atoms with Crippen molar-refractivity contribution in [3.63, 3.8) is 0 Å². The minimum Gasteiger partial charge on any atom is -0.485 e. The molecule has 10 heteroatoms. The smallest absolute Gasteiger partial charge is 0.232 e. The summed E-state index contributed by atoms with van der Waals surface area (Å²) in [5.41, 5.74) is 4.80. The molecule has 1 atom stereocenters. The van der Waals surface area contributed by atoms with E-state index >= 15 is 0 Å². The molecule has 2 aliphatic heterocycles. The fraction of sp³-hybridized carbons (Fsp3) is 0.292. The lowest BCUT2D eigenvalue weighted by atomic mass is 9.94. The van der Waals surface area contributed by atoms with Crippen molar-refractivity contribution in [1.29, 1.82) is 0 Å². The van der Waals surface area contributed by atoms with Crippen molar-refractivity contribution in [2.24, 2.45) is 0 Å². The maximum Gasteiger partial charge on any atom is 0.232 e. The number of aromatic nitrogens is 2. The van der Waals surface area contributed by atoms with Crippen molar-refractivity contribution in [1.82, 2.24) is 9.97 Å². The highest BCUT2D eigenvalue weighted by atomic mass is 32.2. The Hall–Kier alpha value is -3.66. The first-order valence-corrected chi connectivity index (χ1v) is 12.8. The average Bonchev–Trinajstić information content (AvgIpc) is 3.24. The van der Waals surface area contributed by atoms with Gasteiger partial charge >= 0.3 is 0 Å². The van der Waals surface area contributed by atoms with Gasteiger partial charge in [0.2, 0.25) is 15.9 Å². The molecule has 0 aliphatic carbocycles. The molecule has 0 saturated carbocycles. The number of anilines is 4. The fourth-order valence-corrected chi connectivity index (χ4v) is 4.77. The van der Waals surface area contributed by atoms with Crippen molar-refractivity contribution in [2.75, 3.05) is 34.4 Å². The van der Waals surface area contributed by atoms with Gasteiger partial charge in [0.05, 0.1) is 30.0 Å². The van der Waals surface area contributed by atoms with Crippen LogP contribution in [0.2, 0.25) is 0 Å². The lowest BCUT2D eigenvalue weighted by Crippen LogP contribution is -2.24. The van der Waals surface area contributed by atoms with E-state index in [1.54, 1.807) is 23.4 Å². The Balaban J connectivity index is 1.43. The second-order valence-electron chi connectivity index (χ2n) is 8.53. The number of hydrogen-bond acceptors (Lipinski definition) is 7. The highest BCUT2D eigenvalue weighted by molar-refractivity contribution is 7.92. The highest BCUT2D eigenvalue weighted by Gasteiger charge is 2.27. The summed E-state index contributed by atoms with van der Waals surface area (Å²) in [6.45, 7) is 2.71. The lowest BCUT2D eigenvalue weighted by Gasteiger charge is -2.28. The number of amides is 1. The number of carbonyl (C=O) groups is 1. The molecule has 34 heavy (non-hydrogen) atoms. The maximum atomic E-state index is 12.1. The average molecular weight is 480 g/mol. The zero-order valence-corrected chi connectivity index (χ0v) is 20.0. The van der Waals surface area contributed by atoms with E-state index in [-0.39, 0.29) is 12.0 Å². The Morgan fingerprint density at radius 3 is 2.71 bits per heavy atom. The molecular formula is C24H25N5O4S. The zero-order valence-electron chi connectivity index (χ0n) is 19.1. The number of ether oxygens (including phenoxy) is 1. The van der Waals surface area contributed by atoms with Gasteiger partial charge in [0.1, 0.15) is 17.7 Å². The van der Waals surface area contributed by atoms with E-state index in [4.69, 9.17) is 4.74 Å². The summed E-state index contributed by atoms with van der Waals surface area (Å²) in [7, 11) is -1.91. The van der Waals surface area contributed by atoms with Crippen LogP contribution in [0.15, 0.2) is 48.9 Å². The molecule has 2 aromatic heterocycles. The number of nitrogens with one attached hydrogen (secondary N) is 1. The van der Waals surface area contributed by atoms with Crippen LogP contribution in [0, 0.1) is 0 Å². The first-order chi connectivity index (χ1) is 16.2. The van der Waals surface area contributed by atoms with Crippen LogP contribution in [0.5, 0.6) is 5.75 Å². The summed E-state index contributed by atoms with van der Waals surface area (Å²) in [5, 5.41) is 3.20. The molecule has 0 spiro atoms. The van der Waals surface area contributed by atoms with Gasteiger partial charge in [-0.2, -0.15) is 0 Å². The van der Waals surface area contributed by atoms with Gasteiger partial charge in [-0.1, -0.05) is 0 Å². The van der Waals surface area contributed by atoms with Crippen molar-refractivity contribution in [2.45, 2.75) is 25.9 Å². The summed E-state index contributed by atoms with van der Waals surface area (Å²) in [4.78, 5) is 22.6. The van der Waals surface area contributed by atoms with Crippen molar-refractivity contribution < 1.29 is 17.9 Å². The van der Waals surface area contributed by atoms with E-state index in [1.165, 1.54) is 17.5 Å². The fourth-order valence-electron chi connectivity index (χ4n) is 4.28.